The molecule has 0 bridgehead atoms. The van der Waals surface area contributed by atoms with Crippen LogP contribution < -0.4 is 5.73 Å². The average molecular weight is 342 g/mol. The highest BCUT2D eigenvalue weighted by Crippen LogP contribution is 2.24. The lowest BCUT2D eigenvalue weighted by Crippen LogP contribution is -2.55. The number of nitrogens with two attached hydrogens (primary N) is 1. The number of piperidine rings is 1. The molecule has 0 aromatic heterocycles. The van der Waals surface area contributed by atoms with Crippen LogP contribution in [0, 0.1) is 5.92 Å². The van der Waals surface area contributed by atoms with Crippen LogP contribution in [0.2, 0.25) is 0 Å². The summed E-state index contributed by atoms with van der Waals surface area (Å²) in [7, 11) is -3.39. The molecular weight excluding hydrogens is 314 g/mol. The second-order valence-electron chi connectivity index (χ2n) is 6.20. The maximum absolute atomic E-state index is 12.8. The van der Waals surface area contributed by atoms with Gasteiger partial charge in [-0.15, -0.1) is 12.4 Å². The molecule has 4 atom stereocenters. The van der Waals surface area contributed by atoms with Gasteiger partial charge in [0.1, 0.15) is 0 Å². The van der Waals surface area contributed by atoms with Crippen molar-refractivity contribution >= 4 is 22.6 Å². The van der Waals surface area contributed by atoms with Crippen LogP contribution in [-0.2, 0) is 14.9 Å². The maximum atomic E-state index is 12.8. The number of hydrogen-bond acceptors (Lipinski definition) is 4. The average Bonchev–Trinajstić information content (AvgIpc) is 2.37. The van der Waals surface area contributed by atoms with Gasteiger partial charge in [-0.25, -0.2) is 0 Å². The highest BCUT2D eigenvalue weighted by molar-refractivity contribution is 7.86. The molecule has 2 aliphatic rings. The van der Waals surface area contributed by atoms with Gasteiger partial charge in [0.25, 0.3) is 10.2 Å². The number of morpholine rings is 1. The Kier molecular flexibility index (Phi) is 6.89. The Balaban J connectivity index is 0.00000220. The lowest BCUT2D eigenvalue weighted by atomic mass is 9.93. The van der Waals surface area contributed by atoms with Crippen molar-refractivity contribution < 1.29 is 13.2 Å². The zero-order valence-electron chi connectivity index (χ0n) is 13.1. The lowest BCUT2D eigenvalue weighted by Gasteiger charge is -2.40. The Labute approximate surface area is 134 Å². The van der Waals surface area contributed by atoms with Crippen LogP contribution in [-0.4, -0.2) is 61.5 Å². The molecule has 21 heavy (non-hydrogen) atoms. The molecule has 2 rings (SSSR count). The minimum atomic E-state index is -3.39. The minimum absolute atomic E-state index is 0. The molecule has 2 fully saturated rings. The van der Waals surface area contributed by atoms with E-state index in [1.807, 2.05) is 20.8 Å². The predicted octanol–water partition coefficient (Wildman–Crippen LogP) is 0.821. The highest BCUT2D eigenvalue weighted by Gasteiger charge is 2.37. The summed E-state index contributed by atoms with van der Waals surface area (Å²) in [6.45, 7) is 7.81. The normalized spacial score (nSPS) is 34.2. The molecule has 0 amide bonds. The Bertz CT molecular complexity index is 422. The van der Waals surface area contributed by atoms with Crippen LogP contribution in [0.3, 0.4) is 0 Å². The molecule has 2 saturated heterocycles. The van der Waals surface area contributed by atoms with Crippen molar-refractivity contribution in [3.05, 3.63) is 0 Å². The molecule has 8 heteroatoms. The Morgan fingerprint density at radius 1 is 1.14 bits per heavy atom. The molecule has 6 nitrogen and oxygen atoms in total. The van der Waals surface area contributed by atoms with Gasteiger partial charge in [0.15, 0.2) is 0 Å². The molecule has 2 heterocycles. The molecule has 2 N–H and O–H groups in total. The van der Waals surface area contributed by atoms with Gasteiger partial charge in [-0.1, -0.05) is 0 Å². The fraction of sp³-hybridized carbons (Fsp3) is 1.00. The van der Waals surface area contributed by atoms with Gasteiger partial charge in [-0.3, -0.25) is 0 Å². The van der Waals surface area contributed by atoms with E-state index in [0.29, 0.717) is 26.2 Å². The van der Waals surface area contributed by atoms with Gasteiger partial charge < -0.3 is 10.5 Å². The summed E-state index contributed by atoms with van der Waals surface area (Å²) >= 11 is 0. The van der Waals surface area contributed by atoms with Gasteiger partial charge in [-0.05, 0) is 39.5 Å². The van der Waals surface area contributed by atoms with E-state index in [0.717, 1.165) is 12.8 Å². The van der Waals surface area contributed by atoms with Crippen LogP contribution in [0.4, 0.5) is 0 Å². The van der Waals surface area contributed by atoms with Crippen molar-refractivity contribution in [3.8, 4) is 0 Å². The molecule has 0 aromatic rings. The third kappa shape index (κ3) is 4.53. The van der Waals surface area contributed by atoms with Crippen LogP contribution in [0.25, 0.3) is 0 Å². The summed E-state index contributed by atoms with van der Waals surface area (Å²) in [6.07, 6.45) is 1.80. The maximum Gasteiger partial charge on any atom is 0.282 e. The fourth-order valence-electron chi connectivity index (χ4n) is 3.10. The van der Waals surface area contributed by atoms with E-state index in [-0.39, 0.29) is 36.6 Å². The molecule has 2 aliphatic heterocycles. The van der Waals surface area contributed by atoms with Crippen molar-refractivity contribution in [1.82, 2.24) is 8.61 Å². The third-order valence-electron chi connectivity index (χ3n) is 4.20. The lowest BCUT2D eigenvalue weighted by molar-refractivity contribution is -0.0457. The van der Waals surface area contributed by atoms with E-state index >= 15 is 0 Å². The summed E-state index contributed by atoms with van der Waals surface area (Å²) in [6, 6.07) is 0.0375. The topological polar surface area (TPSA) is 75.9 Å². The standard InChI is InChI=1S/C13H27N3O3S.ClH/c1-10-7-16(8-11(2)19-10)20(17,18)15-6-4-5-13(9-15)12(3)14;/h10-13H,4-9,14H2,1-3H3;1H. The van der Waals surface area contributed by atoms with Crippen molar-refractivity contribution in [2.45, 2.75) is 51.9 Å². The molecule has 0 saturated carbocycles. The quantitative estimate of drug-likeness (QED) is 0.824. The van der Waals surface area contributed by atoms with E-state index in [1.165, 1.54) is 0 Å². The number of ether oxygens (including phenoxy) is 1. The first kappa shape index (κ1) is 19.1. The van der Waals surface area contributed by atoms with E-state index in [1.54, 1.807) is 8.61 Å². The van der Waals surface area contributed by atoms with E-state index in [4.69, 9.17) is 10.5 Å². The fourth-order valence-corrected chi connectivity index (χ4v) is 4.96. The van der Waals surface area contributed by atoms with Crippen LogP contribution >= 0.6 is 12.4 Å². The van der Waals surface area contributed by atoms with E-state index in [9.17, 15) is 8.42 Å². The molecule has 4 unspecified atom stereocenters. The largest absolute Gasteiger partial charge is 0.373 e. The van der Waals surface area contributed by atoms with Crippen molar-refractivity contribution in [1.29, 1.82) is 0 Å². The first-order valence-electron chi connectivity index (χ1n) is 7.47. The summed E-state index contributed by atoms with van der Waals surface area (Å²) < 4.78 is 34.3. The highest BCUT2D eigenvalue weighted by atomic mass is 35.5. The van der Waals surface area contributed by atoms with Crippen molar-refractivity contribution in [3.63, 3.8) is 0 Å². The van der Waals surface area contributed by atoms with Gasteiger partial charge >= 0.3 is 0 Å². The van der Waals surface area contributed by atoms with Crippen molar-refractivity contribution in [2.75, 3.05) is 26.2 Å². The first-order chi connectivity index (χ1) is 9.30. The number of hydrogen-bond donors (Lipinski definition) is 1. The third-order valence-corrected chi connectivity index (χ3v) is 6.14. The summed E-state index contributed by atoms with van der Waals surface area (Å²) in [4.78, 5) is 0. The molecule has 126 valence electrons. The van der Waals surface area contributed by atoms with E-state index < -0.39 is 10.2 Å². The summed E-state index contributed by atoms with van der Waals surface area (Å²) in [5.74, 6) is 0.259. The monoisotopic (exact) mass is 341 g/mol. The van der Waals surface area contributed by atoms with Gasteiger partial charge in [-0.2, -0.15) is 17.0 Å². The SMILES string of the molecule is CC1CN(S(=O)(=O)N2CCCC(C(C)N)C2)CC(C)O1.Cl. The number of halogens is 1. The van der Waals surface area contributed by atoms with E-state index in [2.05, 4.69) is 0 Å². The first-order valence-corrected chi connectivity index (χ1v) is 8.86. The molecule has 0 spiro atoms. The summed E-state index contributed by atoms with van der Waals surface area (Å²) in [5, 5.41) is 0. The van der Waals surface area contributed by atoms with Gasteiger partial charge in [0, 0.05) is 32.2 Å². The van der Waals surface area contributed by atoms with Crippen molar-refractivity contribution in [2.24, 2.45) is 11.7 Å². The summed E-state index contributed by atoms with van der Waals surface area (Å²) in [5.41, 5.74) is 5.94. The molecule has 0 aliphatic carbocycles. The second kappa shape index (κ2) is 7.57. The van der Waals surface area contributed by atoms with Gasteiger partial charge in [0.05, 0.1) is 12.2 Å². The van der Waals surface area contributed by atoms with Crippen LogP contribution in [0.5, 0.6) is 0 Å². The molecule has 0 radical (unpaired) electrons. The second-order valence-corrected chi connectivity index (χ2v) is 8.13. The van der Waals surface area contributed by atoms with Crippen LogP contribution in [0.15, 0.2) is 0 Å². The zero-order chi connectivity index (χ0) is 14.9. The van der Waals surface area contributed by atoms with Crippen LogP contribution in [0.1, 0.15) is 33.6 Å². The van der Waals surface area contributed by atoms with Gasteiger partial charge in [0.2, 0.25) is 0 Å². The number of rotatable bonds is 3. The molecular formula is C13H28ClN3O3S. The Morgan fingerprint density at radius 3 is 2.24 bits per heavy atom. The number of nitrogens with zero attached hydrogens (tertiary/aromatic N) is 2. The predicted molar refractivity (Wildman–Crippen MR) is 85.7 cm³/mol. The Morgan fingerprint density at radius 2 is 1.71 bits per heavy atom. The Hall–Kier alpha value is 0.0800. The zero-order valence-corrected chi connectivity index (χ0v) is 14.7. The smallest absolute Gasteiger partial charge is 0.282 e. The minimum Gasteiger partial charge on any atom is -0.373 e. The molecule has 0 aromatic carbocycles.